The molecule has 10 nitrogen and oxygen atoms in total. The molecule has 0 atom stereocenters. The van der Waals surface area contributed by atoms with Gasteiger partial charge in [-0.25, -0.2) is 4.79 Å². The number of nitro benzene ring substituents is 1. The quantitative estimate of drug-likeness (QED) is 0.383. The summed E-state index contributed by atoms with van der Waals surface area (Å²) in [6.07, 6.45) is 0. The molecule has 0 bridgehead atoms. The molecule has 158 valence electrons. The highest BCUT2D eigenvalue weighted by Crippen LogP contribution is 2.25. The highest BCUT2D eigenvalue weighted by Gasteiger charge is 2.13. The molecule has 2 aromatic carbocycles. The van der Waals surface area contributed by atoms with E-state index in [9.17, 15) is 24.5 Å². The van der Waals surface area contributed by atoms with E-state index in [0.717, 1.165) is 17.7 Å². The lowest BCUT2D eigenvalue weighted by Crippen LogP contribution is -2.43. The van der Waals surface area contributed by atoms with Crippen LogP contribution in [-0.4, -0.2) is 35.9 Å². The van der Waals surface area contributed by atoms with Crippen molar-refractivity contribution in [3.63, 3.8) is 0 Å². The van der Waals surface area contributed by atoms with Crippen molar-refractivity contribution in [1.82, 2.24) is 10.9 Å². The highest BCUT2D eigenvalue weighted by atomic mass is 16.6. The zero-order valence-electron chi connectivity index (χ0n) is 16.4. The maximum absolute atomic E-state index is 11.9. The molecule has 0 aliphatic heterocycles. The third-order valence-electron chi connectivity index (χ3n) is 3.91. The minimum atomic E-state index is -0.763. The minimum Gasteiger partial charge on any atom is -0.482 e. The molecule has 2 N–H and O–H groups in total. The molecule has 0 saturated carbocycles. The Balaban J connectivity index is 1.73. The van der Waals surface area contributed by atoms with Crippen LogP contribution in [0.1, 0.15) is 35.7 Å². The van der Waals surface area contributed by atoms with Crippen molar-refractivity contribution in [3.8, 4) is 5.75 Å². The van der Waals surface area contributed by atoms with Crippen molar-refractivity contribution in [2.45, 2.75) is 19.8 Å². The number of hydrazine groups is 1. The van der Waals surface area contributed by atoms with Crippen LogP contribution in [0.4, 0.5) is 5.69 Å². The number of carbonyl (C=O) groups excluding carboxylic acids is 3. The van der Waals surface area contributed by atoms with E-state index in [1.807, 2.05) is 26.0 Å². The van der Waals surface area contributed by atoms with Gasteiger partial charge in [0.2, 0.25) is 0 Å². The summed E-state index contributed by atoms with van der Waals surface area (Å²) in [4.78, 5) is 45.4. The van der Waals surface area contributed by atoms with E-state index >= 15 is 0 Å². The molecule has 0 aromatic heterocycles. The van der Waals surface area contributed by atoms with Crippen LogP contribution in [0, 0.1) is 10.1 Å². The topological polar surface area (TPSA) is 137 Å². The normalized spacial score (nSPS) is 10.2. The summed E-state index contributed by atoms with van der Waals surface area (Å²) in [5, 5.41) is 10.6. The molecule has 0 heterocycles. The van der Waals surface area contributed by atoms with E-state index in [-0.39, 0.29) is 23.8 Å². The van der Waals surface area contributed by atoms with Crippen molar-refractivity contribution >= 4 is 23.5 Å². The maximum atomic E-state index is 11.9. The van der Waals surface area contributed by atoms with Gasteiger partial charge >= 0.3 is 5.97 Å². The van der Waals surface area contributed by atoms with Gasteiger partial charge in [-0.15, -0.1) is 0 Å². The van der Waals surface area contributed by atoms with Gasteiger partial charge < -0.3 is 9.47 Å². The Labute approximate surface area is 172 Å². The third kappa shape index (κ3) is 6.59. The second-order valence-corrected chi connectivity index (χ2v) is 6.45. The first-order chi connectivity index (χ1) is 14.3. The van der Waals surface area contributed by atoms with Crippen LogP contribution >= 0.6 is 0 Å². The lowest BCUT2D eigenvalue weighted by atomic mass is 10.0. The van der Waals surface area contributed by atoms with Crippen LogP contribution in [-0.2, 0) is 14.3 Å². The van der Waals surface area contributed by atoms with Crippen LogP contribution in [0.2, 0.25) is 0 Å². The molecule has 2 amide bonds. The number of nitro groups is 1. The fourth-order valence-corrected chi connectivity index (χ4v) is 2.38. The number of hydrogen-bond acceptors (Lipinski definition) is 7. The number of esters is 1. The largest absolute Gasteiger partial charge is 0.482 e. The Bertz CT molecular complexity index is 926. The number of para-hydroxylation sites is 1. The number of rotatable bonds is 8. The van der Waals surface area contributed by atoms with Crippen LogP contribution < -0.4 is 15.6 Å². The Kier molecular flexibility index (Phi) is 7.86. The third-order valence-corrected chi connectivity index (χ3v) is 3.91. The Morgan fingerprint density at radius 1 is 1.00 bits per heavy atom. The summed E-state index contributed by atoms with van der Waals surface area (Å²) in [7, 11) is 0. The van der Waals surface area contributed by atoms with Crippen LogP contribution in [0.5, 0.6) is 5.75 Å². The van der Waals surface area contributed by atoms with Crippen molar-refractivity contribution in [1.29, 1.82) is 0 Å². The summed E-state index contributed by atoms with van der Waals surface area (Å²) in [5.74, 6) is -1.42. The van der Waals surface area contributed by atoms with Gasteiger partial charge in [-0.3, -0.25) is 30.6 Å². The maximum Gasteiger partial charge on any atom is 0.344 e. The fraction of sp³-hybridized carbons (Fsp3) is 0.250. The molecule has 30 heavy (non-hydrogen) atoms. The van der Waals surface area contributed by atoms with E-state index in [4.69, 9.17) is 9.47 Å². The van der Waals surface area contributed by atoms with E-state index in [1.54, 1.807) is 12.1 Å². The number of nitrogens with one attached hydrogen (secondary N) is 2. The monoisotopic (exact) mass is 415 g/mol. The van der Waals surface area contributed by atoms with Gasteiger partial charge in [0.25, 0.3) is 17.5 Å². The molecule has 10 heteroatoms. The Hall–Kier alpha value is -3.95. The van der Waals surface area contributed by atoms with E-state index < -0.39 is 29.3 Å². The van der Waals surface area contributed by atoms with Gasteiger partial charge in [-0.1, -0.05) is 32.0 Å². The molecular formula is C20H21N3O7. The lowest BCUT2D eigenvalue weighted by molar-refractivity contribution is -0.384. The highest BCUT2D eigenvalue weighted by molar-refractivity contribution is 5.95. The second-order valence-electron chi connectivity index (χ2n) is 6.45. The zero-order chi connectivity index (χ0) is 22.1. The van der Waals surface area contributed by atoms with Crippen molar-refractivity contribution in [3.05, 3.63) is 69.8 Å². The van der Waals surface area contributed by atoms with Crippen LogP contribution in [0.15, 0.2) is 48.5 Å². The summed E-state index contributed by atoms with van der Waals surface area (Å²) >= 11 is 0. The second kappa shape index (κ2) is 10.6. The summed E-state index contributed by atoms with van der Waals surface area (Å²) in [6.45, 7) is 3.01. The summed E-state index contributed by atoms with van der Waals surface area (Å²) in [6, 6.07) is 12.1. The lowest BCUT2D eigenvalue weighted by Gasteiger charge is -2.13. The van der Waals surface area contributed by atoms with Gasteiger partial charge in [0.15, 0.2) is 13.2 Å². The number of amides is 2. The summed E-state index contributed by atoms with van der Waals surface area (Å²) < 4.78 is 10.3. The SMILES string of the molecule is CC(C)c1ccccc1OCC(=O)OCC(=O)NNC(=O)c1ccc([N+](=O)[O-])cc1. The first-order valence-electron chi connectivity index (χ1n) is 8.99. The molecule has 0 radical (unpaired) electrons. The van der Waals surface area contributed by atoms with Gasteiger partial charge in [0.05, 0.1) is 4.92 Å². The van der Waals surface area contributed by atoms with Crippen molar-refractivity contribution in [2.24, 2.45) is 0 Å². The Morgan fingerprint density at radius 3 is 2.30 bits per heavy atom. The molecule has 0 unspecified atom stereocenters. The number of benzene rings is 2. The molecule has 0 aliphatic carbocycles. The number of nitrogens with zero attached hydrogens (tertiary/aromatic N) is 1. The molecular weight excluding hydrogens is 394 g/mol. The predicted octanol–water partition coefficient (Wildman–Crippen LogP) is 2.10. The minimum absolute atomic E-state index is 0.107. The summed E-state index contributed by atoms with van der Waals surface area (Å²) in [5.41, 5.74) is 5.08. The molecule has 0 aliphatic rings. The molecule has 0 spiro atoms. The first kappa shape index (κ1) is 22.3. The first-order valence-corrected chi connectivity index (χ1v) is 8.99. The van der Waals surface area contributed by atoms with Crippen LogP contribution in [0.3, 0.4) is 0 Å². The molecule has 0 fully saturated rings. The van der Waals surface area contributed by atoms with Crippen molar-refractivity contribution in [2.75, 3.05) is 13.2 Å². The van der Waals surface area contributed by atoms with E-state index in [2.05, 4.69) is 10.9 Å². The number of ether oxygens (including phenoxy) is 2. The smallest absolute Gasteiger partial charge is 0.344 e. The number of non-ortho nitro benzene ring substituents is 1. The van der Waals surface area contributed by atoms with Gasteiger partial charge in [0.1, 0.15) is 5.75 Å². The molecule has 0 saturated heterocycles. The van der Waals surface area contributed by atoms with Gasteiger partial charge in [-0.05, 0) is 29.7 Å². The average Bonchev–Trinajstić information content (AvgIpc) is 2.74. The van der Waals surface area contributed by atoms with Gasteiger partial charge in [0, 0.05) is 17.7 Å². The average molecular weight is 415 g/mol. The molecule has 2 rings (SSSR count). The number of hydrogen-bond donors (Lipinski definition) is 2. The standard InChI is InChI=1S/C20H21N3O7/c1-13(2)16-5-3-4-6-17(16)29-12-19(25)30-11-18(24)21-22-20(26)14-7-9-15(10-8-14)23(27)28/h3-10,13H,11-12H2,1-2H3,(H,21,24)(H,22,26). The fourth-order valence-electron chi connectivity index (χ4n) is 2.38. The van der Waals surface area contributed by atoms with Crippen LogP contribution in [0.25, 0.3) is 0 Å². The van der Waals surface area contributed by atoms with E-state index in [0.29, 0.717) is 5.75 Å². The van der Waals surface area contributed by atoms with Gasteiger partial charge in [-0.2, -0.15) is 0 Å². The predicted molar refractivity (Wildman–Crippen MR) is 106 cm³/mol. The molecule has 2 aromatic rings. The number of carbonyl (C=O) groups is 3. The van der Waals surface area contributed by atoms with E-state index in [1.165, 1.54) is 12.1 Å². The Morgan fingerprint density at radius 2 is 1.67 bits per heavy atom. The zero-order valence-corrected chi connectivity index (χ0v) is 16.4. The van der Waals surface area contributed by atoms with Crippen molar-refractivity contribution < 1.29 is 28.8 Å².